The van der Waals surface area contributed by atoms with Crippen molar-refractivity contribution in [1.82, 2.24) is 14.7 Å². The third-order valence-corrected chi connectivity index (χ3v) is 3.58. The Bertz CT molecular complexity index is 474. The number of carbonyl (C=O) groups excluding carboxylic acids is 1. The highest BCUT2D eigenvalue weighted by atomic mass is 16.3. The van der Waals surface area contributed by atoms with Gasteiger partial charge in [0.2, 0.25) is 0 Å². The molecule has 0 spiro atoms. The average Bonchev–Trinajstić information content (AvgIpc) is 3.12. The first kappa shape index (κ1) is 15.8. The summed E-state index contributed by atoms with van der Waals surface area (Å²) in [5, 5.41) is 16.1. The normalized spacial score (nSPS) is 15.0. The summed E-state index contributed by atoms with van der Waals surface area (Å²) >= 11 is 0. The summed E-state index contributed by atoms with van der Waals surface area (Å²) in [6.07, 6.45) is 7.26. The molecule has 1 aromatic heterocycles. The number of aromatic nitrogens is 2. The number of rotatable bonds is 6. The van der Waals surface area contributed by atoms with Crippen molar-refractivity contribution in [3.63, 3.8) is 0 Å². The SMILES string of the molecule is CC(C)(C)n1cc(NC(=O)N(CCCCO)C2CC2)cn1. The van der Waals surface area contributed by atoms with Gasteiger partial charge in [0.1, 0.15) is 0 Å². The molecule has 1 saturated carbocycles. The molecule has 6 heteroatoms. The molecular formula is C15H26N4O2. The number of hydrogen-bond donors (Lipinski definition) is 2. The number of nitrogens with zero attached hydrogens (tertiary/aromatic N) is 3. The zero-order valence-electron chi connectivity index (χ0n) is 13.2. The second-order valence-corrected chi connectivity index (χ2v) is 6.63. The number of carbonyl (C=O) groups is 1. The van der Waals surface area contributed by atoms with Crippen LogP contribution in [0.15, 0.2) is 12.4 Å². The molecule has 1 fully saturated rings. The maximum Gasteiger partial charge on any atom is 0.322 e. The Kier molecular flexibility index (Phi) is 4.88. The molecule has 0 radical (unpaired) electrons. The van der Waals surface area contributed by atoms with E-state index in [1.807, 2.05) is 15.8 Å². The molecule has 0 aliphatic heterocycles. The number of urea groups is 1. The Morgan fingerprint density at radius 1 is 1.48 bits per heavy atom. The number of aliphatic hydroxyl groups excluding tert-OH is 1. The minimum atomic E-state index is -0.0969. The number of anilines is 1. The van der Waals surface area contributed by atoms with Crippen molar-refractivity contribution in [1.29, 1.82) is 0 Å². The number of hydrogen-bond acceptors (Lipinski definition) is 3. The van der Waals surface area contributed by atoms with Crippen LogP contribution in [-0.4, -0.2) is 45.0 Å². The smallest absolute Gasteiger partial charge is 0.322 e. The molecule has 2 amide bonds. The molecule has 21 heavy (non-hydrogen) atoms. The molecule has 0 atom stereocenters. The number of nitrogens with one attached hydrogen (secondary N) is 1. The molecule has 1 aliphatic carbocycles. The maximum atomic E-state index is 12.4. The highest BCUT2D eigenvalue weighted by Crippen LogP contribution is 2.28. The van der Waals surface area contributed by atoms with Crippen molar-refractivity contribution >= 4 is 11.7 Å². The first-order chi connectivity index (χ1) is 9.91. The van der Waals surface area contributed by atoms with Crippen molar-refractivity contribution in [2.75, 3.05) is 18.5 Å². The molecule has 1 heterocycles. The van der Waals surface area contributed by atoms with Crippen molar-refractivity contribution in [2.24, 2.45) is 0 Å². The predicted molar refractivity (Wildman–Crippen MR) is 82.3 cm³/mol. The van der Waals surface area contributed by atoms with E-state index < -0.39 is 0 Å². The van der Waals surface area contributed by atoms with Crippen LogP contribution in [0.2, 0.25) is 0 Å². The van der Waals surface area contributed by atoms with Crippen LogP contribution in [0.4, 0.5) is 10.5 Å². The minimum Gasteiger partial charge on any atom is -0.396 e. The molecule has 0 aromatic carbocycles. The van der Waals surface area contributed by atoms with Crippen molar-refractivity contribution in [3.05, 3.63) is 12.4 Å². The van der Waals surface area contributed by atoms with Crippen LogP contribution in [0.3, 0.4) is 0 Å². The van der Waals surface area contributed by atoms with Crippen LogP contribution in [0.5, 0.6) is 0 Å². The Morgan fingerprint density at radius 2 is 2.19 bits per heavy atom. The van der Waals surface area contributed by atoms with Gasteiger partial charge in [-0.1, -0.05) is 0 Å². The Balaban J connectivity index is 1.93. The Labute approximate surface area is 126 Å². The molecule has 0 bridgehead atoms. The van der Waals surface area contributed by atoms with Gasteiger partial charge < -0.3 is 15.3 Å². The van der Waals surface area contributed by atoms with Gasteiger partial charge in [0, 0.05) is 25.4 Å². The largest absolute Gasteiger partial charge is 0.396 e. The van der Waals surface area contributed by atoms with Crippen LogP contribution < -0.4 is 5.32 Å². The topological polar surface area (TPSA) is 70.4 Å². The van der Waals surface area contributed by atoms with Gasteiger partial charge in [0.05, 0.1) is 17.4 Å². The van der Waals surface area contributed by atoms with Crippen molar-refractivity contribution < 1.29 is 9.90 Å². The molecular weight excluding hydrogens is 268 g/mol. The van der Waals surface area contributed by atoms with Crippen LogP contribution in [-0.2, 0) is 5.54 Å². The van der Waals surface area contributed by atoms with E-state index >= 15 is 0 Å². The molecule has 0 saturated heterocycles. The second kappa shape index (κ2) is 6.47. The third-order valence-electron chi connectivity index (χ3n) is 3.58. The lowest BCUT2D eigenvalue weighted by molar-refractivity contribution is 0.204. The lowest BCUT2D eigenvalue weighted by Gasteiger charge is -2.22. The summed E-state index contributed by atoms with van der Waals surface area (Å²) in [4.78, 5) is 14.2. The monoisotopic (exact) mass is 294 g/mol. The highest BCUT2D eigenvalue weighted by Gasteiger charge is 2.32. The molecule has 2 rings (SSSR count). The van der Waals surface area contributed by atoms with Gasteiger partial charge in [-0.3, -0.25) is 4.68 Å². The molecule has 1 aromatic rings. The van der Waals surface area contributed by atoms with E-state index in [-0.39, 0.29) is 18.2 Å². The van der Waals surface area contributed by atoms with E-state index in [4.69, 9.17) is 5.11 Å². The third kappa shape index (κ3) is 4.46. The van der Waals surface area contributed by atoms with Crippen molar-refractivity contribution in [3.8, 4) is 0 Å². The minimum absolute atomic E-state index is 0.0658. The predicted octanol–water partition coefficient (Wildman–Crippen LogP) is 2.41. The summed E-state index contributed by atoms with van der Waals surface area (Å²) in [7, 11) is 0. The highest BCUT2D eigenvalue weighted by molar-refractivity contribution is 5.89. The van der Waals surface area contributed by atoms with Crippen molar-refractivity contribution in [2.45, 2.75) is 58.0 Å². The zero-order chi connectivity index (χ0) is 15.5. The fourth-order valence-electron chi connectivity index (χ4n) is 2.18. The van der Waals surface area contributed by atoms with Gasteiger partial charge in [-0.15, -0.1) is 0 Å². The zero-order valence-corrected chi connectivity index (χ0v) is 13.2. The van der Waals surface area contributed by atoms with Gasteiger partial charge in [-0.2, -0.15) is 5.10 Å². The van der Waals surface area contributed by atoms with Gasteiger partial charge in [0.25, 0.3) is 0 Å². The summed E-state index contributed by atoms with van der Waals surface area (Å²) in [6.45, 7) is 7.08. The number of unbranched alkanes of at least 4 members (excludes halogenated alkanes) is 1. The molecule has 6 nitrogen and oxygen atoms in total. The number of aliphatic hydroxyl groups is 1. The van der Waals surface area contributed by atoms with Crippen LogP contribution in [0.1, 0.15) is 46.5 Å². The lowest BCUT2D eigenvalue weighted by atomic mass is 10.1. The first-order valence-electron chi connectivity index (χ1n) is 7.65. The number of amides is 2. The summed E-state index contributed by atoms with van der Waals surface area (Å²) in [5.74, 6) is 0. The van der Waals surface area contributed by atoms with Gasteiger partial charge in [-0.05, 0) is 46.5 Å². The maximum absolute atomic E-state index is 12.4. The fraction of sp³-hybridized carbons (Fsp3) is 0.733. The Morgan fingerprint density at radius 3 is 2.71 bits per heavy atom. The molecule has 1 aliphatic rings. The molecule has 0 unspecified atom stereocenters. The van der Waals surface area contributed by atoms with E-state index in [0.717, 1.165) is 31.4 Å². The van der Waals surface area contributed by atoms with Gasteiger partial charge >= 0.3 is 6.03 Å². The van der Waals surface area contributed by atoms with E-state index in [0.29, 0.717) is 12.6 Å². The van der Waals surface area contributed by atoms with E-state index in [1.165, 1.54) is 0 Å². The van der Waals surface area contributed by atoms with Gasteiger partial charge in [-0.25, -0.2) is 4.79 Å². The van der Waals surface area contributed by atoms with E-state index in [1.54, 1.807) is 6.20 Å². The first-order valence-corrected chi connectivity index (χ1v) is 7.65. The van der Waals surface area contributed by atoms with Crippen LogP contribution >= 0.6 is 0 Å². The summed E-state index contributed by atoms with van der Waals surface area (Å²) in [6, 6.07) is 0.297. The standard InChI is InChI=1S/C15H26N4O2/c1-15(2,3)19-11-12(10-16-19)17-14(21)18(13-6-7-13)8-4-5-9-20/h10-11,13,20H,4-9H2,1-3H3,(H,17,21). The average molecular weight is 294 g/mol. The van der Waals surface area contributed by atoms with E-state index in [2.05, 4.69) is 31.2 Å². The van der Waals surface area contributed by atoms with Crippen LogP contribution in [0, 0.1) is 0 Å². The summed E-state index contributed by atoms with van der Waals surface area (Å²) < 4.78 is 1.84. The quantitative estimate of drug-likeness (QED) is 0.792. The molecule has 2 N–H and O–H groups in total. The lowest BCUT2D eigenvalue weighted by Crippen LogP contribution is -2.37. The van der Waals surface area contributed by atoms with E-state index in [9.17, 15) is 4.79 Å². The van der Waals surface area contributed by atoms with Crippen LogP contribution in [0.25, 0.3) is 0 Å². The summed E-state index contributed by atoms with van der Waals surface area (Å²) in [5.41, 5.74) is 0.628. The van der Waals surface area contributed by atoms with Gasteiger partial charge in [0.15, 0.2) is 0 Å². The Hall–Kier alpha value is -1.56. The molecule has 118 valence electrons. The second-order valence-electron chi connectivity index (χ2n) is 6.63. The fourth-order valence-corrected chi connectivity index (χ4v) is 2.18.